The molecule has 1 aromatic heterocycles. The van der Waals surface area contributed by atoms with E-state index in [-0.39, 0.29) is 24.8 Å². The topological polar surface area (TPSA) is 77.6 Å². The first kappa shape index (κ1) is 24.0. The molecule has 0 aliphatic carbocycles. The third kappa shape index (κ3) is 6.41. The Morgan fingerprint density at radius 2 is 1.72 bits per heavy atom. The number of hydrogen-bond donors (Lipinski definition) is 2. The van der Waals surface area contributed by atoms with Crippen LogP contribution >= 0.6 is 11.3 Å². The fourth-order valence-corrected chi connectivity index (χ4v) is 3.72. The molecule has 0 spiro atoms. The molecule has 0 aliphatic heterocycles. The van der Waals surface area contributed by atoms with Crippen molar-refractivity contribution in [1.29, 1.82) is 0 Å². The van der Waals surface area contributed by atoms with Gasteiger partial charge in [-0.1, -0.05) is 0 Å². The highest BCUT2D eigenvalue weighted by atomic mass is 32.1. The van der Waals surface area contributed by atoms with E-state index in [0.717, 1.165) is 17.4 Å². The lowest BCUT2D eigenvalue weighted by Crippen LogP contribution is -2.13. The van der Waals surface area contributed by atoms with Crippen LogP contribution in [-0.4, -0.2) is 29.9 Å². The number of benzene rings is 2. The standard InChI is InChI=1S/C22H22F4N2O3S/c23-15-4-6-16(7-5-15)30-9-1-2-10-31-19-8-3-14(11-17(19)22(24,25)26)20-12-28-21(32-20)18(27)13-29/h3-8,11-12,18,29H,1-2,9-10,13,27H2. The summed E-state index contributed by atoms with van der Waals surface area (Å²) in [7, 11) is 0. The summed E-state index contributed by atoms with van der Waals surface area (Å²) >= 11 is 1.13. The van der Waals surface area contributed by atoms with Gasteiger partial charge in [-0.05, 0) is 60.9 Å². The number of aliphatic hydroxyl groups is 1. The molecule has 1 unspecified atom stereocenters. The smallest absolute Gasteiger partial charge is 0.419 e. The van der Waals surface area contributed by atoms with Crippen LogP contribution in [0, 0.1) is 5.82 Å². The number of hydrogen-bond acceptors (Lipinski definition) is 6. The molecule has 172 valence electrons. The Hall–Kier alpha value is -2.69. The molecule has 2 aromatic carbocycles. The van der Waals surface area contributed by atoms with E-state index in [9.17, 15) is 17.6 Å². The van der Waals surface area contributed by atoms with Crippen molar-refractivity contribution in [3.8, 4) is 21.9 Å². The Morgan fingerprint density at radius 3 is 2.38 bits per heavy atom. The minimum Gasteiger partial charge on any atom is -0.494 e. The second kappa shape index (κ2) is 10.8. The Bertz CT molecular complexity index is 1010. The van der Waals surface area contributed by atoms with Crippen LogP contribution in [0.4, 0.5) is 17.6 Å². The number of ether oxygens (including phenoxy) is 2. The Balaban J connectivity index is 1.58. The molecule has 0 radical (unpaired) electrons. The van der Waals surface area contributed by atoms with Gasteiger partial charge in [-0.2, -0.15) is 13.2 Å². The molecule has 0 fully saturated rings. The zero-order chi connectivity index (χ0) is 23.1. The van der Waals surface area contributed by atoms with Gasteiger partial charge in [0.15, 0.2) is 0 Å². The van der Waals surface area contributed by atoms with Crippen LogP contribution in [0.5, 0.6) is 11.5 Å². The van der Waals surface area contributed by atoms with Gasteiger partial charge in [0, 0.05) is 6.20 Å². The van der Waals surface area contributed by atoms with Crippen LogP contribution in [-0.2, 0) is 6.18 Å². The number of alkyl halides is 3. The van der Waals surface area contributed by atoms with Crippen molar-refractivity contribution in [2.75, 3.05) is 19.8 Å². The molecule has 1 atom stereocenters. The Kier molecular flexibility index (Phi) is 8.05. The number of nitrogens with zero attached hydrogens (tertiary/aromatic N) is 1. The Morgan fingerprint density at radius 1 is 1.03 bits per heavy atom. The van der Waals surface area contributed by atoms with E-state index in [0.29, 0.717) is 40.6 Å². The molecule has 32 heavy (non-hydrogen) atoms. The monoisotopic (exact) mass is 470 g/mol. The van der Waals surface area contributed by atoms with Crippen molar-refractivity contribution in [3.05, 3.63) is 65.0 Å². The van der Waals surface area contributed by atoms with Crippen molar-refractivity contribution in [1.82, 2.24) is 4.98 Å². The van der Waals surface area contributed by atoms with E-state index >= 15 is 0 Å². The van der Waals surface area contributed by atoms with Crippen molar-refractivity contribution >= 4 is 11.3 Å². The summed E-state index contributed by atoms with van der Waals surface area (Å²) in [6, 6.07) is 8.76. The molecule has 3 N–H and O–H groups in total. The molecule has 0 saturated heterocycles. The molecular formula is C22H22F4N2O3S. The number of unbranched alkanes of at least 4 members (excludes halogenated alkanes) is 1. The van der Waals surface area contributed by atoms with Crippen LogP contribution in [0.3, 0.4) is 0 Å². The maximum atomic E-state index is 13.6. The maximum absolute atomic E-state index is 13.6. The van der Waals surface area contributed by atoms with Gasteiger partial charge in [-0.3, -0.25) is 0 Å². The van der Waals surface area contributed by atoms with Gasteiger partial charge in [-0.25, -0.2) is 9.37 Å². The van der Waals surface area contributed by atoms with E-state index < -0.39 is 17.8 Å². The predicted molar refractivity (Wildman–Crippen MR) is 113 cm³/mol. The lowest BCUT2D eigenvalue weighted by Gasteiger charge is -2.15. The lowest BCUT2D eigenvalue weighted by molar-refractivity contribution is -0.138. The van der Waals surface area contributed by atoms with Crippen molar-refractivity contribution < 1.29 is 32.1 Å². The first-order valence-electron chi connectivity index (χ1n) is 9.83. The number of aromatic nitrogens is 1. The molecule has 1 heterocycles. The molecule has 0 saturated carbocycles. The van der Waals surface area contributed by atoms with E-state index in [1.807, 2.05) is 0 Å². The predicted octanol–water partition coefficient (Wildman–Crippen LogP) is 5.20. The number of nitrogens with two attached hydrogens (primary N) is 1. The molecular weight excluding hydrogens is 448 g/mol. The zero-order valence-electron chi connectivity index (χ0n) is 16.9. The van der Waals surface area contributed by atoms with E-state index in [1.54, 1.807) is 0 Å². The van der Waals surface area contributed by atoms with Crippen molar-refractivity contribution in [2.24, 2.45) is 5.73 Å². The van der Waals surface area contributed by atoms with Gasteiger partial charge in [0.05, 0.1) is 36.3 Å². The van der Waals surface area contributed by atoms with Gasteiger partial charge in [0.25, 0.3) is 0 Å². The molecule has 0 amide bonds. The largest absolute Gasteiger partial charge is 0.494 e. The third-order valence-electron chi connectivity index (χ3n) is 4.49. The number of halogens is 4. The molecule has 5 nitrogen and oxygen atoms in total. The Labute approximate surface area is 186 Å². The SMILES string of the molecule is NC(CO)c1ncc(-c2ccc(OCCCCOc3ccc(F)cc3)c(C(F)(F)F)c2)s1. The van der Waals surface area contributed by atoms with Crippen LogP contribution in [0.25, 0.3) is 10.4 Å². The highest BCUT2D eigenvalue weighted by molar-refractivity contribution is 7.15. The summed E-state index contributed by atoms with van der Waals surface area (Å²) in [5.74, 6) is -0.0901. The summed E-state index contributed by atoms with van der Waals surface area (Å²) < 4.78 is 64.5. The minimum atomic E-state index is -4.59. The molecule has 0 bridgehead atoms. The second-order valence-electron chi connectivity index (χ2n) is 6.92. The van der Waals surface area contributed by atoms with Crippen molar-refractivity contribution in [3.63, 3.8) is 0 Å². The number of thiazole rings is 1. The summed E-state index contributed by atoms with van der Waals surface area (Å²) in [6.45, 7) is 0.123. The van der Waals surface area contributed by atoms with Crippen LogP contribution in [0.2, 0.25) is 0 Å². The van der Waals surface area contributed by atoms with Gasteiger partial charge in [-0.15, -0.1) is 11.3 Å². The minimum absolute atomic E-state index is 0.0886. The summed E-state index contributed by atoms with van der Waals surface area (Å²) in [5.41, 5.74) is 5.17. The summed E-state index contributed by atoms with van der Waals surface area (Å²) in [6.07, 6.45) is -2.11. The second-order valence-corrected chi connectivity index (χ2v) is 7.98. The van der Waals surface area contributed by atoms with Crippen LogP contribution in [0.1, 0.15) is 29.5 Å². The fraction of sp³-hybridized carbons (Fsp3) is 0.318. The van der Waals surface area contributed by atoms with E-state index in [2.05, 4.69) is 4.98 Å². The van der Waals surface area contributed by atoms with Gasteiger partial charge in [0.1, 0.15) is 22.3 Å². The first-order valence-corrected chi connectivity index (χ1v) is 10.6. The lowest BCUT2D eigenvalue weighted by atomic mass is 10.1. The third-order valence-corrected chi connectivity index (χ3v) is 5.66. The van der Waals surface area contributed by atoms with Crippen LogP contribution < -0.4 is 15.2 Å². The highest BCUT2D eigenvalue weighted by Gasteiger charge is 2.35. The number of aliphatic hydroxyl groups excluding tert-OH is 1. The molecule has 10 heteroatoms. The summed E-state index contributed by atoms with van der Waals surface area (Å²) in [4.78, 5) is 4.59. The molecule has 0 aliphatic rings. The van der Waals surface area contributed by atoms with E-state index in [1.165, 1.54) is 42.6 Å². The van der Waals surface area contributed by atoms with Crippen molar-refractivity contribution in [2.45, 2.75) is 25.1 Å². The average Bonchev–Trinajstić information content (AvgIpc) is 3.26. The van der Waals surface area contributed by atoms with Crippen LogP contribution in [0.15, 0.2) is 48.7 Å². The first-order chi connectivity index (χ1) is 15.3. The van der Waals surface area contributed by atoms with Gasteiger partial charge < -0.3 is 20.3 Å². The molecule has 3 rings (SSSR count). The summed E-state index contributed by atoms with van der Waals surface area (Å²) in [5, 5.41) is 9.56. The van der Waals surface area contributed by atoms with Gasteiger partial charge in [0.2, 0.25) is 0 Å². The zero-order valence-corrected chi connectivity index (χ0v) is 17.8. The number of rotatable bonds is 10. The van der Waals surface area contributed by atoms with E-state index in [4.69, 9.17) is 20.3 Å². The fourth-order valence-electron chi connectivity index (χ4n) is 2.81. The molecule has 3 aromatic rings. The van der Waals surface area contributed by atoms with Gasteiger partial charge >= 0.3 is 6.18 Å². The average molecular weight is 470 g/mol. The quantitative estimate of drug-likeness (QED) is 0.315. The normalized spacial score (nSPS) is 12.6. The highest BCUT2D eigenvalue weighted by Crippen LogP contribution is 2.40. The maximum Gasteiger partial charge on any atom is 0.419 e.